The molecule has 128 valence electrons. The van der Waals surface area contributed by atoms with Crippen molar-refractivity contribution in [2.45, 2.75) is 25.9 Å². The summed E-state index contributed by atoms with van der Waals surface area (Å²) in [6.45, 7) is 2.29. The van der Waals surface area contributed by atoms with Crippen molar-refractivity contribution >= 4 is 11.6 Å². The number of carbonyl (C=O) groups excluding carboxylic acids is 1. The summed E-state index contributed by atoms with van der Waals surface area (Å²) >= 11 is 0. The largest absolute Gasteiger partial charge is 0.377 e. The van der Waals surface area contributed by atoms with Crippen LogP contribution in [0.4, 0.5) is 14.5 Å². The van der Waals surface area contributed by atoms with Crippen molar-refractivity contribution < 1.29 is 13.6 Å². The maximum atomic E-state index is 13.8. The molecule has 1 atom stereocenters. The zero-order chi connectivity index (χ0) is 18.0. The number of nitrogens with one attached hydrogen (secondary N) is 1. The Morgan fingerprint density at radius 1 is 1.32 bits per heavy atom. The minimum Gasteiger partial charge on any atom is -0.377 e. The quantitative estimate of drug-likeness (QED) is 0.905. The van der Waals surface area contributed by atoms with Crippen LogP contribution in [0.2, 0.25) is 0 Å². The molecule has 6 heteroatoms. The Kier molecular flexibility index (Phi) is 4.66. The fraction of sp³-hybridized carbons (Fsp3) is 0.263. The van der Waals surface area contributed by atoms with E-state index in [1.165, 1.54) is 31.2 Å². The van der Waals surface area contributed by atoms with Crippen LogP contribution in [-0.4, -0.2) is 17.4 Å². The number of nitriles is 1. The number of anilines is 1. The van der Waals surface area contributed by atoms with Gasteiger partial charge < -0.3 is 10.2 Å². The zero-order valence-corrected chi connectivity index (χ0v) is 13.7. The van der Waals surface area contributed by atoms with E-state index in [0.29, 0.717) is 30.8 Å². The van der Waals surface area contributed by atoms with Gasteiger partial charge in [0.2, 0.25) is 5.91 Å². The molecule has 1 amide bonds. The van der Waals surface area contributed by atoms with E-state index in [2.05, 4.69) is 5.32 Å². The fourth-order valence-electron chi connectivity index (χ4n) is 3.14. The molecule has 3 rings (SSSR count). The van der Waals surface area contributed by atoms with Crippen molar-refractivity contribution in [2.24, 2.45) is 0 Å². The minimum absolute atomic E-state index is 0.0566. The number of carbonyl (C=O) groups is 1. The third-order valence-electron chi connectivity index (χ3n) is 4.43. The highest BCUT2D eigenvalue weighted by Gasteiger charge is 2.25. The Morgan fingerprint density at radius 3 is 2.84 bits per heavy atom. The molecule has 0 saturated carbocycles. The van der Waals surface area contributed by atoms with E-state index in [1.54, 1.807) is 17.0 Å². The molecule has 0 bridgehead atoms. The lowest BCUT2D eigenvalue weighted by molar-refractivity contribution is -0.129. The maximum absolute atomic E-state index is 13.8. The van der Waals surface area contributed by atoms with Gasteiger partial charge in [0.05, 0.1) is 11.7 Å². The third-order valence-corrected chi connectivity index (χ3v) is 4.43. The predicted octanol–water partition coefficient (Wildman–Crippen LogP) is 3.74. The molecule has 1 heterocycles. The smallest absolute Gasteiger partial charge is 0.219 e. The van der Waals surface area contributed by atoms with Crippen molar-refractivity contribution in [3.8, 4) is 6.07 Å². The van der Waals surface area contributed by atoms with Crippen LogP contribution in [0.15, 0.2) is 36.4 Å². The van der Waals surface area contributed by atoms with E-state index in [4.69, 9.17) is 0 Å². The molecule has 0 aromatic heterocycles. The van der Waals surface area contributed by atoms with Crippen LogP contribution in [-0.2, 0) is 11.3 Å². The van der Waals surface area contributed by atoms with Gasteiger partial charge >= 0.3 is 0 Å². The predicted molar refractivity (Wildman–Crippen MR) is 89.6 cm³/mol. The minimum atomic E-state index is -0.592. The number of nitrogens with zero attached hydrogens (tertiary/aromatic N) is 2. The van der Waals surface area contributed by atoms with Crippen LogP contribution < -0.4 is 5.32 Å². The average Bonchev–Trinajstić information content (AvgIpc) is 2.74. The lowest BCUT2D eigenvalue weighted by Gasteiger charge is -2.21. The van der Waals surface area contributed by atoms with Crippen molar-refractivity contribution in [3.63, 3.8) is 0 Å². The van der Waals surface area contributed by atoms with E-state index in [1.807, 2.05) is 6.07 Å². The lowest BCUT2D eigenvalue weighted by Crippen LogP contribution is -2.28. The molecular formula is C19H17F2N3O. The Hall–Kier alpha value is -2.94. The third kappa shape index (κ3) is 3.45. The first-order valence-electron chi connectivity index (χ1n) is 7.98. The second-order valence-electron chi connectivity index (χ2n) is 6.04. The van der Waals surface area contributed by atoms with Crippen LogP contribution in [0.3, 0.4) is 0 Å². The molecule has 1 aliphatic heterocycles. The van der Waals surface area contributed by atoms with Crippen molar-refractivity contribution in [1.29, 1.82) is 5.26 Å². The molecule has 0 aliphatic carbocycles. The zero-order valence-electron chi connectivity index (χ0n) is 13.7. The first-order valence-corrected chi connectivity index (χ1v) is 7.98. The standard InChI is InChI=1S/C19H17F2N3O/c1-12(25)24-8-7-19(15-6-5-14(20)9-13(15)11-24)23-18-4-2-3-17(21)16(18)10-22/h2-6,9,19,23H,7-8,11H2,1H3. The molecule has 2 aromatic carbocycles. The highest BCUT2D eigenvalue weighted by atomic mass is 19.1. The maximum Gasteiger partial charge on any atom is 0.219 e. The number of halogens is 2. The van der Waals surface area contributed by atoms with Crippen molar-refractivity contribution in [2.75, 3.05) is 11.9 Å². The lowest BCUT2D eigenvalue weighted by atomic mass is 9.98. The van der Waals surface area contributed by atoms with Gasteiger partial charge in [-0.2, -0.15) is 5.26 Å². The Labute approximate surface area is 144 Å². The molecule has 1 unspecified atom stereocenters. The van der Waals surface area contributed by atoms with Gasteiger partial charge in [0, 0.05) is 20.0 Å². The SMILES string of the molecule is CC(=O)N1CCC(Nc2cccc(F)c2C#N)c2ccc(F)cc2C1. The topological polar surface area (TPSA) is 56.1 Å². The highest BCUT2D eigenvalue weighted by molar-refractivity contribution is 5.73. The number of hydrogen-bond acceptors (Lipinski definition) is 3. The fourth-order valence-corrected chi connectivity index (χ4v) is 3.14. The van der Waals surface area contributed by atoms with E-state index >= 15 is 0 Å². The van der Waals surface area contributed by atoms with Crippen LogP contribution in [0.25, 0.3) is 0 Å². The number of hydrogen-bond donors (Lipinski definition) is 1. The number of rotatable bonds is 2. The summed E-state index contributed by atoms with van der Waals surface area (Å²) in [6, 6.07) is 10.5. The summed E-state index contributed by atoms with van der Waals surface area (Å²) in [5.74, 6) is -1.04. The molecule has 1 N–H and O–H groups in total. The molecule has 0 radical (unpaired) electrons. The summed E-state index contributed by atoms with van der Waals surface area (Å²) in [4.78, 5) is 13.4. The summed E-state index contributed by atoms with van der Waals surface area (Å²) in [7, 11) is 0. The Balaban J connectivity index is 1.99. The normalized spacial score (nSPS) is 16.6. The molecule has 4 nitrogen and oxygen atoms in total. The Bertz CT molecular complexity index is 860. The van der Waals surface area contributed by atoms with Crippen LogP contribution in [0.5, 0.6) is 0 Å². The number of amides is 1. The van der Waals surface area contributed by atoms with E-state index in [-0.39, 0.29) is 23.3 Å². The first kappa shape index (κ1) is 16.9. The van der Waals surface area contributed by atoms with Gasteiger partial charge in [-0.25, -0.2) is 8.78 Å². The van der Waals surface area contributed by atoms with E-state index in [9.17, 15) is 18.8 Å². The van der Waals surface area contributed by atoms with Gasteiger partial charge in [-0.3, -0.25) is 4.79 Å². The van der Waals surface area contributed by atoms with Gasteiger partial charge in [0.25, 0.3) is 0 Å². The Morgan fingerprint density at radius 2 is 2.12 bits per heavy atom. The molecule has 2 aromatic rings. The monoisotopic (exact) mass is 341 g/mol. The average molecular weight is 341 g/mol. The second-order valence-corrected chi connectivity index (χ2v) is 6.04. The van der Waals surface area contributed by atoms with E-state index < -0.39 is 5.82 Å². The van der Waals surface area contributed by atoms with Gasteiger partial charge in [-0.15, -0.1) is 0 Å². The van der Waals surface area contributed by atoms with E-state index in [0.717, 1.165) is 5.56 Å². The number of benzene rings is 2. The molecule has 25 heavy (non-hydrogen) atoms. The summed E-state index contributed by atoms with van der Waals surface area (Å²) < 4.78 is 27.5. The summed E-state index contributed by atoms with van der Waals surface area (Å²) in [5.41, 5.74) is 1.89. The molecule has 0 spiro atoms. The summed E-state index contributed by atoms with van der Waals surface area (Å²) in [5, 5.41) is 12.4. The molecule has 0 fully saturated rings. The van der Waals surface area contributed by atoms with Crippen molar-refractivity contribution in [1.82, 2.24) is 4.90 Å². The van der Waals surface area contributed by atoms with Crippen LogP contribution >= 0.6 is 0 Å². The summed E-state index contributed by atoms with van der Waals surface area (Å²) in [6.07, 6.45) is 0.569. The van der Waals surface area contributed by atoms with Crippen LogP contribution in [0.1, 0.15) is 36.1 Å². The molecule has 0 saturated heterocycles. The second kappa shape index (κ2) is 6.89. The van der Waals surface area contributed by atoms with Gasteiger partial charge in [0.15, 0.2) is 0 Å². The molecule has 1 aliphatic rings. The number of fused-ring (bicyclic) bond motifs is 1. The van der Waals surface area contributed by atoms with Gasteiger partial charge in [-0.05, 0) is 41.8 Å². The first-order chi connectivity index (χ1) is 12.0. The van der Waals surface area contributed by atoms with Gasteiger partial charge in [-0.1, -0.05) is 12.1 Å². The van der Waals surface area contributed by atoms with Crippen molar-refractivity contribution in [3.05, 3.63) is 64.7 Å². The van der Waals surface area contributed by atoms with Crippen LogP contribution in [0, 0.1) is 23.0 Å². The molecular weight excluding hydrogens is 324 g/mol. The van der Waals surface area contributed by atoms with Gasteiger partial charge in [0.1, 0.15) is 23.3 Å². The highest BCUT2D eigenvalue weighted by Crippen LogP contribution is 2.32.